The topological polar surface area (TPSA) is 40.5 Å². The maximum atomic E-state index is 10.9. The van der Waals surface area contributed by atoms with Crippen molar-refractivity contribution in [2.24, 2.45) is 0 Å². The lowest BCUT2D eigenvalue weighted by atomic mass is 10.3. The van der Waals surface area contributed by atoms with Gasteiger partial charge in [0.05, 0.1) is 0 Å². The summed E-state index contributed by atoms with van der Waals surface area (Å²) in [5.41, 5.74) is 1.12. The average molecular weight is 213 g/mol. The summed E-state index contributed by atoms with van der Waals surface area (Å²) in [5.74, 6) is 0. The number of amides is 1. The highest BCUT2D eigenvalue weighted by molar-refractivity contribution is 7.14. The highest BCUT2D eigenvalue weighted by atomic mass is 32.1. The second-order valence-corrected chi connectivity index (χ2v) is 4.14. The quantitative estimate of drug-likeness (QED) is 0.833. The van der Waals surface area contributed by atoms with Crippen LogP contribution in [0, 0.1) is 6.92 Å². The molecule has 0 aromatic carbocycles. The van der Waals surface area contributed by atoms with Crippen molar-refractivity contribution in [1.82, 2.24) is 0 Å². The van der Waals surface area contributed by atoms with Crippen LogP contribution in [0.3, 0.4) is 0 Å². The van der Waals surface area contributed by atoms with Crippen molar-refractivity contribution in [3.8, 4) is 0 Å². The van der Waals surface area contributed by atoms with Gasteiger partial charge in [-0.1, -0.05) is 13.3 Å². The molecule has 0 bridgehead atoms. The Kier molecular flexibility index (Phi) is 3.95. The van der Waals surface area contributed by atoms with Crippen LogP contribution in [0.4, 0.5) is 9.80 Å². The fourth-order valence-corrected chi connectivity index (χ4v) is 2.10. The molecule has 0 spiro atoms. The van der Waals surface area contributed by atoms with E-state index in [-0.39, 0.29) is 0 Å². The first-order valence-corrected chi connectivity index (χ1v) is 5.58. The van der Waals surface area contributed by atoms with E-state index >= 15 is 0 Å². The van der Waals surface area contributed by atoms with Crippen LogP contribution < -0.4 is 4.90 Å². The molecule has 0 atom stereocenters. The zero-order valence-corrected chi connectivity index (χ0v) is 9.30. The summed E-state index contributed by atoms with van der Waals surface area (Å²) in [6, 6.07) is 1.91. The summed E-state index contributed by atoms with van der Waals surface area (Å²) >= 11 is 1.48. The van der Waals surface area contributed by atoms with E-state index in [1.807, 2.05) is 18.4 Å². The van der Waals surface area contributed by atoms with Crippen LogP contribution in [0.25, 0.3) is 0 Å². The molecular weight excluding hydrogens is 198 g/mol. The van der Waals surface area contributed by atoms with Gasteiger partial charge in [0.1, 0.15) is 5.00 Å². The van der Waals surface area contributed by atoms with E-state index < -0.39 is 6.09 Å². The molecule has 0 saturated heterocycles. The first-order valence-electron chi connectivity index (χ1n) is 4.70. The van der Waals surface area contributed by atoms with Gasteiger partial charge in [-0.15, -0.1) is 11.3 Å². The van der Waals surface area contributed by atoms with Crippen LogP contribution in [0.2, 0.25) is 0 Å². The van der Waals surface area contributed by atoms with Crippen molar-refractivity contribution in [3.05, 3.63) is 17.0 Å². The Labute approximate surface area is 88.0 Å². The summed E-state index contributed by atoms with van der Waals surface area (Å²) in [4.78, 5) is 12.4. The van der Waals surface area contributed by atoms with Crippen LogP contribution >= 0.6 is 11.3 Å². The summed E-state index contributed by atoms with van der Waals surface area (Å²) in [5, 5.41) is 11.8. The lowest BCUT2D eigenvalue weighted by molar-refractivity contribution is 0.202. The number of carboxylic acid groups (broad SMARTS) is 1. The second-order valence-electron chi connectivity index (χ2n) is 3.25. The predicted molar refractivity (Wildman–Crippen MR) is 59.3 cm³/mol. The molecule has 0 radical (unpaired) electrons. The molecule has 0 aliphatic rings. The van der Waals surface area contributed by atoms with E-state index in [4.69, 9.17) is 5.11 Å². The molecule has 1 heterocycles. The summed E-state index contributed by atoms with van der Waals surface area (Å²) < 4.78 is 0. The minimum absolute atomic E-state index is 0.589. The van der Waals surface area contributed by atoms with Gasteiger partial charge in [-0.25, -0.2) is 4.79 Å². The van der Waals surface area contributed by atoms with Crippen LogP contribution in [-0.2, 0) is 0 Å². The van der Waals surface area contributed by atoms with Crippen LogP contribution in [0.5, 0.6) is 0 Å². The Hall–Kier alpha value is -1.03. The van der Waals surface area contributed by atoms with Gasteiger partial charge < -0.3 is 5.11 Å². The number of hydrogen-bond donors (Lipinski definition) is 1. The Bertz CT molecular complexity index is 309. The molecule has 3 nitrogen and oxygen atoms in total. The molecule has 78 valence electrons. The molecule has 0 aliphatic carbocycles. The fraction of sp³-hybridized carbons (Fsp3) is 0.500. The van der Waals surface area contributed by atoms with Gasteiger partial charge in [0.25, 0.3) is 0 Å². The molecule has 0 aliphatic heterocycles. The minimum Gasteiger partial charge on any atom is -0.465 e. The smallest absolute Gasteiger partial charge is 0.412 e. The normalized spacial score (nSPS) is 10.1. The Morgan fingerprint density at radius 2 is 2.36 bits per heavy atom. The molecule has 0 saturated carbocycles. The number of rotatable bonds is 4. The van der Waals surface area contributed by atoms with Crippen molar-refractivity contribution in [2.45, 2.75) is 26.7 Å². The third-order valence-corrected chi connectivity index (χ3v) is 3.02. The summed E-state index contributed by atoms with van der Waals surface area (Å²) in [6.07, 6.45) is 1.05. The van der Waals surface area contributed by atoms with Crippen LogP contribution in [0.15, 0.2) is 11.4 Å². The van der Waals surface area contributed by atoms with Gasteiger partial charge in [-0.05, 0) is 30.4 Å². The molecule has 1 amide bonds. The summed E-state index contributed by atoms with van der Waals surface area (Å²) in [6.45, 7) is 4.62. The lowest BCUT2D eigenvalue weighted by Crippen LogP contribution is -2.29. The molecular formula is C10H15NO2S. The van der Waals surface area contributed by atoms with E-state index in [0.717, 1.165) is 23.4 Å². The third-order valence-electron chi connectivity index (χ3n) is 1.95. The number of anilines is 1. The highest BCUT2D eigenvalue weighted by Gasteiger charge is 2.14. The van der Waals surface area contributed by atoms with Gasteiger partial charge >= 0.3 is 6.09 Å². The van der Waals surface area contributed by atoms with E-state index in [0.29, 0.717) is 6.54 Å². The van der Waals surface area contributed by atoms with Crippen molar-refractivity contribution in [3.63, 3.8) is 0 Å². The second kappa shape index (κ2) is 5.00. The summed E-state index contributed by atoms with van der Waals surface area (Å²) in [7, 11) is 0. The van der Waals surface area contributed by atoms with Gasteiger partial charge in [-0.2, -0.15) is 0 Å². The maximum absolute atomic E-state index is 10.9. The fourth-order valence-electron chi connectivity index (χ4n) is 1.17. The molecule has 1 aromatic rings. The number of unbranched alkanes of at least 4 members (excludes halogenated alkanes) is 1. The number of nitrogens with zero attached hydrogens (tertiary/aromatic N) is 1. The Morgan fingerprint density at radius 3 is 2.79 bits per heavy atom. The van der Waals surface area contributed by atoms with Crippen LogP contribution in [-0.4, -0.2) is 17.7 Å². The SMILES string of the molecule is CCCCN(C(=O)O)c1cc(C)cs1. The minimum atomic E-state index is -0.861. The van der Waals surface area contributed by atoms with Gasteiger partial charge in [0, 0.05) is 6.54 Å². The van der Waals surface area contributed by atoms with E-state index in [2.05, 4.69) is 6.92 Å². The zero-order chi connectivity index (χ0) is 10.6. The molecule has 14 heavy (non-hydrogen) atoms. The standard InChI is InChI=1S/C10H15NO2S/c1-3-4-5-11(10(12)13)9-6-8(2)7-14-9/h6-7H,3-5H2,1-2H3,(H,12,13). The first kappa shape index (κ1) is 11.0. The number of aryl methyl sites for hydroxylation is 1. The molecule has 4 heteroatoms. The molecule has 1 rings (SSSR count). The van der Waals surface area contributed by atoms with Gasteiger partial charge in [0.15, 0.2) is 0 Å². The molecule has 0 unspecified atom stereocenters. The van der Waals surface area contributed by atoms with Crippen LogP contribution in [0.1, 0.15) is 25.3 Å². The predicted octanol–water partition coefficient (Wildman–Crippen LogP) is 3.34. The maximum Gasteiger partial charge on any atom is 0.412 e. The van der Waals surface area contributed by atoms with Crippen molar-refractivity contribution < 1.29 is 9.90 Å². The Morgan fingerprint density at radius 1 is 1.64 bits per heavy atom. The highest BCUT2D eigenvalue weighted by Crippen LogP contribution is 2.24. The third kappa shape index (κ3) is 2.73. The van der Waals surface area contributed by atoms with E-state index in [1.54, 1.807) is 0 Å². The van der Waals surface area contributed by atoms with Gasteiger partial charge in [0.2, 0.25) is 0 Å². The first-order chi connectivity index (χ1) is 6.65. The largest absolute Gasteiger partial charge is 0.465 e. The molecule has 0 fully saturated rings. The number of thiophene rings is 1. The van der Waals surface area contributed by atoms with E-state index in [1.165, 1.54) is 16.2 Å². The number of hydrogen-bond acceptors (Lipinski definition) is 2. The Balaban J connectivity index is 2.72. The number of carbonyl (C=O) groups is 1. The average Bonchev–Trinajstić information content (AvgIpc) is 2.52. The molecule has 1 aromatic heterocycles. The van der Waals surface area contributed by atoms with Crippen molar-refractivity contribution in [2.75, 3.05) is 11.4 Å². The van der Waals surface area contributed by atoms with E-state index in [9.17, 15) is 4.79 Å². The van der Waals surface area contributed by atoms with Crippen molar-refractivity contribution >= 4 is 22.4 Å². The zero-order valence-electron chi connectivity index (χ0n) is 8.49. The molecule has 1 N–H and O–H groups in total. The lowest BCUT2D eigenvalue weighted by Gasteiger charge is -2.16. The van der Waals surface area contributed by atoms with Gasteiger partial charge in [-0.3, -0.25) is 4.90 Å². The van der Waals surface area contributed by atoms with Crippen molar-refractivity contribution in [1.29, 1.82) is 0 Å². The monoisotopic (exact) mass is 213 g/mol.